The molecule has 0 unspecified atom stereocenters. The summed E-state index contributed by atoms with van der Waals surface area (Å²) < 4.78 is 16.0. The molecule has 0 aliphatic carbocycles. The molecule has 0 atom stereocenters. The normalized spacial score (nSPS) is 11.2. The number of ether oxygens (including phenoxy) is 2. The van der Waals surface area contributed by atoms with Crippen LogP contribution in [0.3, 0.4) is 0 Å². The molecule has 7 nitrogen and oxygen atoms in total. The maximum atomic E-state index is 13.4. The number of carbonyl (C=O) groups is 1. The van der Waals surface area contributed by atoms with E-state index < -0.39 is 5.54 Å². The van der Waals surface area contributed by atoms with Crippen molar-refractivity contribution in [3.8, 4) is 22.9 Å². The highest BCUT2D eigenvalue weighted by atomic mass is 16.5. The lowest BCUT2D eigenvalue weighted by Crippen LogP contribution is -2.45. The summed E-state index contributed by atoms with van der Waals surface area (Å²) in [5, 5.41) is 4.04. The zero-order valence-electron chi connectivity index (χ0n) is 17.3. The SMILES string of the molecule is COc1ccc(C(=O)N(Cc2nc(-c3ccccc3)no2)C(C)(C)C)c(OC)c1. The van der Waals surface area contributed by atoms with Crippen molar-refractivity contribution >= 4 is 5.91 Å². The third-order valence-corrected chi connectivity index (χ3v) is 4.49. The molecule has 0 saturated carbocycles. The highest BCUT2D eigenvalue weighted by Gasteiger charge is 2.31. The molecule has 0 radical (unpaired) electrons. The van der Waals surface area contributed by atoms with Gasteiger partial charge in [0.25, 0.3) is 5.91 Å². The molecule has 0 fully saturated rings. The lowest BCUT2D eigenvalue weighted by atomic mass is 10.0. The third kappa shape index (κ3) is 4.56. The molecule has 0 aliphatic rings. The minimum atomic E-state index is -0.483. The fourth-order valence-electron chi connectivity index (χ4n) is 2.89. The summed E-state index contributed by atoms with van der Waals surface area (Å²) >= 11 is 0. The molecule has 152 valence electrons. The van der Waals surface area contributed by atoms with Crippen LogP contribution in [-0.2, 0) is 6.54 Å². The van der Waals surface area contributed by atoms with Gasteiger partial charge < -0.3 is 18.9 Å². The van der Waals surface area contributed by atoms with Crippen LogP contribution >= 0.6 is 0 Å². The number of rotatable bonds is 6. The van der Waals surface area contributed by atoms with Crippen molar-refractivity contribution in [3.05, 3.63) is 60.0 Å². The number of hydrogen-bond donors (Lipinski definition) is 0. The fraction of sp³-hybridized carbons (Fsp3) is 0.318. The molecule has 1 aromatic heterocycles. The van der Waals surface area contributed by atoms with Crippen LogP contribution in [0, 0.1) is 0 Å². The van der Waals surface area contributed by atoms with Crippen LogP contribution in [-0.4, -0.2) is 40.7 Å². The first-order valence-electron chi connectivity index (χ1n) is 9.25. The molecule has 0 saturated heterocycles. The first-order valence-corrected chi connectivity index (χ1v) is 9.25. The topological polar surface area (TPSA) is 77.7 Å². The van der Waals surface area contributed by atoms with Gasteiger partial charge in [0.1, 0.15) is 18.0 Å². The Balaban J connectivity index is 1.90. The van der Waals surface area contributed by atoms with Crippen molar-refractivity contribution in [1.29, 1.82) is 0 Å². The van der Waals surface area contributed by atoms with E-state index in [-0.39, 0.29) is 12.5 Å². The maximum Gasteiger partial charge on any atom is 0.258 e. The predicted octanol–water partition coefficient (Wildman–Crippen LogP) is 4.19. The van der Waals surface area contributed by atoms with Gasteiger partial charge in [-0.15, -0.1) is 0 Å². The Kier molecular flexibility index (Phi) is 5.87. The molecule has 2 aromatic carbocycles. The molecular weight excluding hydrogens is 370 g/mol. The van der Waals surface area contributed by atoms with Crippen molar-refractivity contribution in [2.24, 2.45) is 0 Å². The van der Waals surface area contributed by atoms with Crippen LogP contribution in [0.4, 0.5) is 0 Å². The number of aromatic nitrogens is 2. The Morgan fingerprint density at radius 2 is 1.79 bits per heavy atom. The van der Waals surface area contributed by atoms with Gasteiger partial charge in [-0.2, -0.15) is 4.98 Å². The van der Waals surface area contributed by atoms with Gasteiger partial charge in [0.2, 0.25) is 11.7 Å². The number of amides is 1. The largest absolute Gasteiger partial charge is 0.497 e. The van der Waals surface area contributed by atoms with Crippen LogP contribution in [0.15, 0.2) is 53.1 Å². The number of methoxy groups -OCH3 is 2. The van der Waals surface area contributed by atoms with Gasteiger partial charge >= 0.3 is 0 Å². The summed E-state index contributed by atoms with van der Waals surface area (Å²) in [5.41, 5.74) is 0.808. The van der Waals surface area contributed by atoms with Gasteiger partial charge in [0.05, 0.1) is 19.8 Å². The highest BCUT2D eigenvalue weighted by Crippen LogP contribution is 2.29. The van der Waals surface area contributed by atoms with E-state index in [1.807, 2.05) is 51.1 Å². The average molecular weight is 395 g/mol. The molecular formula is C22H25N3O4. The zero-order chi connectivity index (χ0) is 21.0. The van der Waals surface area contributed by atoms with Crippen molar-refractivity contribution in [1.82, 2.24) is 15.0 Å². The van der Waals surface area contributed by atoms with Gasteiger partial charge in [-0.05, 0) is 32.9 Å². The van der Waals surface area contributed by atoms with Crippen LogP contribution in [0.25, 0.3) is 11.4 Å². The van der Waals surface area contributed by atoms with Crippen molar-refractivity contribution < 1.29 is 18.8 Å². The predicted molar refractivity (Wildman–Crippen MR) is 109 cm³/mol. The molecule has 1 heterocycles. The number of nitrogens with zero attached hydrogens (tertiary/aromatic N) is 3. The zero-order valence-corrected chi connectivity index (χ0v) is 17.3. The van der Waals surface area contributed by atoms with E-state index in [0.29, 0.717) is 28.8 Å². The van der Waals surface area contributed by atoms with E-state index in [0.717, 1.165) is 5.56 Å². The standard InChI is InChI=1S/C22H25N3O4/c1-22(2,3)25(21(26)17-12-11-16(27-4)13-18(17)28-5)14-19-23-20(24-29-19)15-9-7-6-8-10-15/h6-13H,14H2,1-5H3. The number of hydrogen-bond acceptors (Lipinski definition) is 6. The van der Waals surface area contributed by atoms with Crippen LogP contribution in [0.5, 0.6) is 11.5 Å². The molecule has 0 bridgehead atoms. The second-order valence-corrected chi connectivity index (χ2v) is 7.51. The smallest absolute Gasteiger partial charge is 0.258 e. The van der Waals surface area contributed by atoms with Gasteiger partial charge in [-0.25, -0.2) is 0 Å². The molecule has 0 spiro atoms. The fourth-order valence-corrected chi connectivity index (χ4v) is 2.89. The van der Waals surface area contributed by atoms with E-state index in [1.54, 1.807) is 30.2 Å². The van der Waals surface area contributed by atoms with Crippen molar-refractivity contribution in [2.45, 2.75) is 32.9 Å². The third-order valence-electron chi connectivity index (χ3n) is 4.49. The average Bonchev–Trinajstić information content (AvgIpc) is 3.19. The summed E-state index contributed by atoms with van der Waals surface area (Å²) in [4.78, 5) is 19.5. The summed E-state index contributed by atoms with van der Waals surface area (Å²) in [7, 11) is 3.09. The van der Waals surface area contributed by atoms with Crippen LogP contribution in [0.2, 0.25) is 0 Å². The van der Waals surface area contributed by atoms with E-state index in [4.69, 9.17) is 14.0 Å². The summed E-state index contributed by atoms with van der Waals surface area (Å²) in [6.45, 7) is 6.04. The molecule has 29 heavy (non-hydrogen) atoms. The van der Waals surface area contributed by atoms with Crippen LogP contribution < -0.4 is 9.47 Å². The van der Waals surface area contributed by atoms with E-state index in [1.165, 1.54) is 7.11 Å². The van der Waals surface area contributed by atoms with Gasteiger partial charge in [0.15, 0.2) is 0 Å². The molecule has 7 heteroatoms. The molecule has 3 rings (SSSR count). The van der Waals surface area contributed by atoms with Gasteiger partial charge in [0, 0.05) is 17.2 Å². The van der Waals surface area contributed by atoms with E-state index >= 15 is 0 Å². The Morgan fingerprint density at radius 1 is 1.07 bits per heavy atom. The first-order chi connectivity index (χ1) is 13.8. The maximum absolute atomic E-state index is 13.4. The monoisotopic (exact) mass is 395 g/mol. The quantitative estimate of drug-likeness (QED) is 0.623. The highest BCUT2D eigenvalue weighted by molar-refractivity contribution is 5.97. The summed E-state index contributed by atoms with van der Waals surface area (Å²) in [6.07, 6.45) is 0. The van der Waals surface area contributed by atoms with Gasteiger partial charge in [-0.3, -0.25) is 4.79 Å². The number of benzene rings is 2. The van der Waals surface area contributed by atoms with Crippen molar-refractivity contribution in [3.63, 3.8) is 0 Å². The summed E-state index contributed by atoms with van der Waals surface area (Å²) in [6, 6.07) is 14.7. The Hall–Kier alpha value is -3.35. The lowest BCUT2D eigenvalue weighted by Gasteiger charge is -2.35. The molecule has 3 aromatic rings. The molecule has 1 amide bonds. The lowest BCUT2D eigenvalue weighted by molar-refractivity contribution is 0.0523. The van der Waals surface area contributed by atoms with E-state index in [9.17, 15) is 4.79 Å². The molecule has 0 aliphatic heterocycles. The minimum absolute atomic E-state index is 0.178. The van der Waals surface area contributed by atoms with Gasteiger partial charge in [-0.1, -0.05) is 35.5 Å². The van der Waals surface area contributed by atoms with Crippen LogP contribution in [0.1, 0.15) is 37.0 Å². The number of carbonyl (C=O) groups excluding carboxylic acids is 1. The Bertz CT molecular complexity index is 977. The van der Waals surface area contributed by atoms with E-state index in [2.05, 4.69) is 10.1 Å². The van der Waals surface area contributed by atoms with Crippen molar-refractivity contribution in [2.75, 3.05) is 14.2 Å². The Labute approximate surface area is 170 Å². The molecule has 0 N–H and O–H groups in total. The Morgan fingerprint density at radius 3 is 2.41 bits per heavy atom. The second-order valence-electron chi connectivity index (χ2n) is 7.51. The first kappa shape index (κ1) is 20.4. The second kappa shape index (κ2) is 8.34. The summed E-state index contributed by atoms with van der Waals surface area (Å²) in [5.74, 6) is 1.71. The minimum Gasteiger partial charge on any atom is -0.497 e.